The third-order valence-electron chi connectivity index (χ3n) is 3.58. The molecule has 0 unspecified atom stereocenters. The molecule has 0 radical (unpaired) electrons. The second-order valence-corrected chi connectivity index (χ2v) is 4.96. The molecule has 1 aromatic heterocycles. The van der Waals surface area contributed by atoms with Crippen molar-refractivity contribution in [3.63, 3.8) is 0 Å². The Morgan fingerprint density at radius 3 is 3.00 bits per heavy atom. The molecule has 0 aliphatic carbocycles. The number of hydrogen-bond donors (Lipinski definition) is 1. The van der Waals surface area contributed by atoms with Crippen molar-refractivity contribution in [2.24, 2.45) is 5.73 Å². The molecule has 2 N–H and O–H groups in total. The standard InChI is InChI=1S/C14H16N4O2/c1-9-16-13(20-17-9)8-18-7-6-11(14(15)19)10-4-2-3-5-12(10)18/h2-5,11H,6-8H2,1H3,(H2,15,19)/t11-/m0/s1. The van der Waals surface area contributed by atoms with Crippen LogP contribution in [-0.2, 0) is 11.3 Å². The van der Waals surface area contributed by atoms with Crippen molar-refractivity contribution in [3.8, 4) is 0 Å². The van der Waals surface area contributed by atoms with E-state index in [1.54, 1.807) is 6.92 Å². The first-order chi connectivity index (χ1) is 9.65. The van der Waals surface area contributed by atoms with Gasteiger partial charge in [0.05, 0.1) is 12.5 Å². The van der Waals surface area contributed by atoms with Gasteiger partial charge in [0, 0.05) is 12.2 Å². The fraction of sp³-hybridized carbons (Fsp3) is 0.357. The number of rotatable bonds is 3. The minimum absolute atomic E-state index is 0.216. The number of carbonyl (C=O) groups excluding carboxylic acids is 1. The van der Waals surface area contributed by atoms with Crippen LogP contribution < -0.4 is 10.6 Å². The van der Waals surface area contributed by atoms with Gasteiger partial charge < -0.3 is 15.2 Å². The number of benzene rings is 1. The van der Waals surface area contributed by atoms with E-state index in [-0.39, 0.29) is 11.8 Å². The second kappa shape index (κ2) is 4.96. The number of aromatic nitrogens is 2. The lowest BCUT2D eigenvalue weighted by atomic mass is 9.89. The van der Waals surface area contributed by atoms with E-state index in [4.69, 9.17) is 10.3 Å². The van der Waals surface area contributed by atoms with E-state index in [2.05, 4.69) is 15.0 Å². The molecular formula is C14H16N4O2. The van der Waals surface area contributed by atoms with Gasteiger partial charge in [-0.15, -0.1) is 0 Å². The van der Waals surface area contributed by atoms with Gasteiger partial charge in [0.1, 0.15) is 0 Å². The summed E-state index contributed by atoms with van der Waals surface area (Å²) in [6.45, 7) is 3.08. The smallest absolute Gasteiger partial charge is 0.246 e. The molecule has 2 heterocycles. The third kappa shape index (κ3) is 2.24. The van der Waals surface area contributed by atoms with Gasteiger partial charge in [-0.2, -0.15) is 4.98 Å². The average molecular weight is 272 g/mol. The third-order valence-corrected chi connectivity index (χ3v) is 3.58. The fourth-order valence-corrected chi connectivity index (χ4v) is 2.66. The van der Waals surface area contributed by atoms with Crippen molar-refractivity contribution in [3.05, 3.63) is 41.5 Å². The van der Waals surface area contributed by atoms with Crippen LogP contribution >= 0.6 is 0 Å². The van der Waals surface area contributed by atoms with Crippen LogP contribution in [0.5, 0.6) is 0 Å². The number of para-hydroxylation sites is 1. The van der Waals surface area contributed by atoms with Crippen LogP contribution in [0.2, 0.25) is 0 Å². The monoisotopic (exact) mass is 272 g/mol. The van der Waals surface area contributed by atoms with Gasteiger partial charge >= 0.3 is 0 Å². The highest BCUT2D eigenvalue weighted by molar-refractivity contribution is 5.85. The van der Waals surface area contributed by atoms with Crippen molar-refractivity contribution in [2.45, 2.75) is 25.8 Å². The van der Waals surface area contributed by atoms with Crippen LogP contribution in [0.3, 0.4) is 0 Å². The zero-order valence-corrected chi connectivity index (χ0v) is 11.2. The Hall–Kier alpha value is -2.37. The van der Waals surface area contributed by atoms with Crippen LogP contribution in [0.1, 0.15) is 29.6 Å². The maximum absolute atomic E-state index is 11.5. The lowest BCUT2D eigenvalue weighted by Crippen LogP contribution is -2.35. The highest BCUT2D eigenvalue weighted by Gasteiger charge is 2.29. The Labute approximate surface area is 116 Å². The first-order valence-electron chi connectivity index (χ1n) is 6.57. The number of anilines is 1. The first kappa shape index (κ1) is 12.7. The molecule has 6 nitrogen and oxygen atoms in total. The highest BCUT2D eigenvalue weighted by Crippen LogP contribution is 2.35. The zero-order chi connectivity index (χ0) is 14.1. The molecule has 0 saturated heterocycles. The molecule has 0 saturated carbocycles. The Morgan fingerprint density at radius 1 is 1.50 bits per heavy atom. The Morgan fingerprint density at radius 2 is 2.30 bits per heavy atom. The fourth-order valence-electron chi connectivity index (χ4n) is 2.66. The number of nitrogens with zero attached hydrogens (tertiary/aromatic N) is 3. The quantitative estimate of drug-likeness (QED) is 0.911. The van der Waals surface area contributed by atoms with E-state index >= 15 is 0 Å². The van der Waals surface area contributed by atoms with Crippen molar-refractivity contribution >= 4 is 11.6 Å². The van der Waals surface area contributed by atoms with E-state index in [1.807, 2.05) is 24.3 Å². The van der Waals surface area contributed by atoms with Crippen LogP contribution in [0, 0.1) is 6.92 Å². The second-order valence-electron chi connectivity index (χ2n) is 4.96. The van der Waals surface area contributed by atoms with Crippen LogP contribution in [0.15, 0.2) is 28.8 Å². The van der Waals surface area contributed by atoms with E-state index in [9.17, 15) is 4.79 Å². The Balaban J connectivity index is 1.90. The summed E-state index contributed by atoms with van der Waals surface area (Å²) in [4.78, 5) is 17.9. The number of nitrogens with two attached hydrogens (primary N) is 1. The average Bonchev–Trinajstić information content (AvgIpc) is 2.84. The van der Waals surface area contributed by atoms with E-state index in [0.29, 0.717) is 24.7 Å². The van der Waals surface area contributed by atoms with Crippen molar-refractivity contribution in [1.29, 1.82) is 0 Å². The van der Waals surface area contributed by atoms with Crippen LogP contribution in [0.25, 0.3) is 0 Å². The summed E-state index contributed by atoms with van der Waals surface area (Å²) in [6.07, 6.45) is 0.708. The van der Waals surface area contributed by atoms with Crippen LogP contribution in [0.4, 0.5) is 5.69 Å². The predicted molar refractivity (Wildman–Crippen MR) is 73.1 cm³/mol. The molecule has 1 aliphatic heterocycles. The molecule has 1 aliphatic rings. The maximum atomic E-state index is 11.5. The van der Waals surface area contributed by atoms with Gasteiger partial charge in [-0.05, 0) is 25.0 Å². The lowest BCUT2D eigenvalue weighted by molar-refractivity contribution is -0.119. The molecule has 2 aromatic rings. The van der Waals surface area contributed by atoms with Crippen molar-refractivity contribution < 1.29 is 9.32 Å². The van der Waals surface area contributed by atoms with Gasteiger partial charge in [0.2, 0.25) is 11.8 Å². The van der Waals surface area contributed by atoms with Crippen molar-refractivity contribution in [2.75, 3.05) is 11.4 Å². The summed E-state index contributed by atoms with van der Waals surface area (Å²) in [5.74, 6) is 0.716. The molecule has 0 bridgehead atoms. The number of amides is 1. The molecule has 1 atom stereocenters. The summed E-state index contributed by atoms with van der Waals surface area (Å²) in [7, 11) is 0. The van der Waals surface area contributed by atoms with Gasteiger partial charge in [-0.25, -0.2) is 0 Å². The van der Waals surface area contributed by atoms with Gasteiger partial charge in [0.25, 0.3) is 0 Å². The van der Waals surface area contributed by atoms with Gasteiger partial charge in [0.15, 0.2) is 5.82 Å². The number of carbonyl (C=O) groups is 1. The molecule has 3 rings (SSSR count). The number of fused-ring (bicyclic) bond motifs is 1. The highest BCUT2D eigenvalue weighted by atomic mass is 16.5. The van der Waals surface area contributed by atoms with Gasteiger partial charge in [-0.3, -0.25) is 4.79 Å². The number of primary amides is 1. The molecular weight excluding hydrogens is 256 g/mol. The minimum Gasteiger partial charge on any atom is -0.369 e. The molecule has 0 spiro atoms. The van der Waals surface area contributed by atoms with E-state index in [0.717, 1.165) is 17.8 Å². The topological polar surface area (TPSA) is 85.3 Å². The first-order valence-corrected chi connectivity index (χ1v) is 6.57. The molecule has 6 heteroatoms. The molecule has 1 aromatic carbocycles. The normalized spacial score (nSPS) is 17.9. The zero-order valence-electron chi connectivity index (χ0n) is 11.2. The molecule has 1 amide bonds. The SMILES string of the molecule is Cc1noc(CN2CC[C@H](C(N)=O)c3ccccc32)n1. The number of hydrogen-bond acceptors (Lipinski definition) is 5. The van der Waals surface area contributed by atoms with E-state index < -0.39 is 0 Å². The molecule has 0 fully saturated rings. The minimum atomic E-state index is -0.272. The summed E-state index contributed by atoms with van der Waals surface area (Å²) in [6, 6.07) is 7.83. The molecule has 20 heavy (non-hydrogen) atoms. The maximum Gasteiger partial charge on any atom is 0.246 e. The van der Waals surface area contributed by atoms with E-state index in [1.165, 1.54) is 0 Å². The van der Waals surface area contributed by atoms with Gasteiger partial charge in [-0.1, -0.05) is 23.4 Å². The predicted octanol–water partition coefficient (Wildman–Crippen LogP) is 1.36. The summed E-state index contributed by atoms with van der Waals surface area (Å²) in [5, 5.41) is 3.79. The summed E-state index contributed by atoms with van der Waals surface area (Å²) < 4.78 is 5.16. The summed E-state index contributed by atoms with van der Waals surface area (Å²) >= 11 is 0. The van der Waals surface area contributed by atoms with Crippen LogP contribution in [-0.4, -0.2) is 22.6 Å². The Bertz CT molecular complexity index is 638. The van der Waals surface area contributed by atoms with Crippen molar-refractivity contribution in [1.82, 2.24) is 10.1 Å². The Kier molecular flexibility index (Phi) is 3.14. The molecule has 104 valence electrons. The largest absolute Gasteiger partial charge is 0.369 e. The number of aryl methyl sites for hydroxylation is 1. The summed E-state index contributed by atoms with van der Waals surface area (Å²) in [5.41, 5.74) is 7.47. The lowest BCUT2D eigenvalue weighted by Gasteiger charge is -2.33.